The highest BCUT2D eigenvalue weighted by atomic mass is 19.1. The largest absolute Gasteiger partial charge is 0.465 e. The van der Waals surface area contributed by atoms with Crippen molar-refractivity contribution in [3.8, 4) is 0 Å². The number of benzene rings is 2. The molecule has 0 bridgehead atoms. The fourth-order valence-corrected chi connectivity index (χ4v) is 5.08. The van der Waals surface area contributed by atoms with Crippen molar-refractivity contribution in [3.63, 3.8) is 0 Å². The maximum absolute atomic E-state index is 13.7. The van der Waals surface area contributed by atoms with E-state index in [2.05, 4.69) is 4.74 Å². The smallest absolute Gasteiger partial charge is 0.410 e. The topological polar surface area (TPSA) is 106 Å². The lowest BCUT2D eigenvalue weighted by Gasteiger charge is -2.24. The van der Waals surface area contributed by atoms with Crippen LogP contribution in [0.25, 0.3) is 0 Å². The number of amides is 2. The molecule has 0 aliphatic carbocycles. The molecule has 242 valence electrons. The van der Waals surface area contributed by atoms with E-state index in [-0.39, 0.29) is 36.2 Å². The number of ether oxygens (including phenoxy) is 3. The van der Waals surface area contributed by atoms with Crippen LogP contribution in [0.3, 0.4) is 0 Å². The first-order chi connectivity index (χ1) is 20.5. The van der Waals surface area contributed by atoms with Crippen molar-refractivity contribution >= 4 is 18.2 Å². The second-order valence-corrected chi connectivity index (χ2v) is 13.1. The quantitative estimate of drug-likeness (QED) is 0.313. The van der Waals surface area contributed by atoms with Crippen LogP contribution in [0, 0.1) is 11.6 Å². The first-order valence-corrected chi connectivity index (χ1v) is 14.7. The summed E-state index contributed by atoms with van der Waals surface area (Å²) in [7, 11) is 1.22. The monoisotopic (exact) mass is 618 g/mol. The average molecular weight is 619 g/mol. The van der Waals surface area contributed by atoms with Gasteiger partial charge in [-0.1, -0.05) is 18.2 Å². The molecule has 2 unspecified atom stereocenters. The fourth-order valence-electron chi connectivity index (χ4n) is 5.08. The molecular weight excluding hydrogens is 574 g/mol. The molecule has 2 aromatic carbocycles. The van der Waals surface area contributed by atoms with Gasteiger partial charge in [0.1, 0.15) is 22.8 Å². The lowest BCUT2D eigenvalue weighted by molar-refractivity contribution is 0.0282. The van der Waals surface area contributed by atoms with Crippen LogP contribution in [0.2, 0.25) is 0 Å². The van der Waals surface area contributed by atoms with Crippen molar-refractivity contribution < 1.29 is 42.5 Å². The fraction of sp³-hybridized carbons (Fsp3) is 0.545. The van der Waals surface area contributed by atoms with Gasteiger partial charge in [-0.15, -0.1) is 0 Å². The molecule has 0 saturated carbocycles. The molecule has 2 aromatic rings. The normalized spacial score (nSPS) is 18.4. The van der Waals surface area contributed by atoms with Gasteiger partial charge in [-0.3, -0.25) is 0 Å². The van der Waals surface area contributed by atoms with Gasteiger partial charge in [-0.25, -0.2) is 23.2 Å². The van der Waals surface area contributed by atoms with Crippen molar-refractivity contribution in [3.05, 3.63) is 70.3 Å². The maximum atomic E-state index is 13.7. The molecule has 0 spiro atoms. The Labute approximate surface area is 258 Å². The molecule has 4 rings (SSSR count). The minimum Gasteiger partial charge on any atom is -0.465 e. The summed E-state index contributed by atoms with van der Waals surface area (Å²) in [6.07, 6.45) is 0.895. The Morgan fingerprint density at radius 3 is 1.68 bits per heavy atom. The van der Waals surface area contributed by atoms with Crippen molar-refractivity contribution in [2.24, 2.45) is 0 Å². The second kappa shape index (κ2) is 14.4. The number of aliphatic hydroxyl groups excluding tert-OH is 1. The van der Waals surface area contributed by atoms with E-state index in [4.69, 9.17) is 14.6 Å². The van der Waals surface area contributed by atoms with E-state index in [1.54, 1.807) is 28.0 Å². The zero-order chi connectivity index (χ0) is 32.8. The summed E-state index contributed by atoms with van der Waals surface area (Å²) in [5.41, 5.74) is 0.936. The molecule has 1 N–H and O–H groups in total. The number of carbonyl (C=O) groups excluding carboxylic acids is 3. The van der Waals surface area contributed by atoms with Crippen LogP contribution >= 0.6 is 0 Å². The average Bonchev–Trinajstić information content (AvgIpc) is 3.63. The Balaban J connectivity index is 0.000000241. The zero-order valence-corrected chi connectivity index (χ0v) is 26.6. The Kier molecular flexibility index (Phi) is 11.3. The first kappa shape index (κ1) is 34.8. The molecule has 2 fully saturated rings. The van der Waals surface area contributed by atoms with Crippen LogP contribution in [0.1, 0.15) is 93.3 Å². The van der Waals surface area contributed by atoms with Gasteiger partial charge >= 0.3 is 18.2 Å². The highest BCUT2D eigenvalue weighted by Crippen LogP contribution is 2.31. The number of aliphatic hydroxyl groups is 1. The Bertz CT molecular complexity index is 1340. The van der Waals surface area contributed by atoms with Crippen LogP contribution in [0.15, 0.2) is 36.4 Å². The lowest BCUT2D eigenvalue weighted by atomic mass is 9.96. The van der Waals surface area contributed by atoms with Crippen LogP contribution in [-0.4, -0.2) is 77.6 Å². The van der Waals surface area contributed by atoms with Crippen molar-refractivity contribution in [2.75, 3.05) is 33.3 Å². The Hall–Kier alpha value is -3.73. The number of halogens is 2. The van der Waals surface area contributed by atoms with Crippen LogP contribution in [0.5, 0.6) is 0 Å². The van der Waals surface area contributed by atoms with Crippen molar-refractivity contribution in [1.29, 1.82) is 0 Å². The summed E-state index contributed by atoms with van der Waals surface area (Å²) in [5, 5.41) is 9.13. The van der Waals surface area contributed by atoms with E-state index in [0.29, 0.717) is 31.7 Å². The molecule has 2 aliphatic heterocycles. The molecule has 2 amide bonds. The third-order valence-electron chi connectivity index (χ3n) is 7.26. The molecule has 9 nitrogen and oxygen atoms in total. The molecular formula is C33H44F2N2O7. The molecule has 0 radical (unpaired) electrons. The lowest BCUT2D eigenvalue weighted by Crippen LogP contribution is -2.35. The Morgan fingerprint density at radius 2 is 1.25 bits per heavy atom. The molecule has 44 heavy (non-hydrogen) atoms. The third kappa shape index (κ3) is 9.64. The number of rotatable bonds is 4. The SMILES string of the molecule is CC(C)(C)OC(=O)N1CCC(c2ccc(F)c(CO)c2)C1.COC(=O)c1cc(C2CCN(C(=O)OC(C)(C)C)C2)ccc1F. The number of likely N-dealkylation sites (tertiary alicyclic amines) is 2. The minimum atomic E-state index is -0.702. The molecule has 11 heteroatoms. The van der Waals surface area contributed by atoms with E-state index in [9.17, 15) is 23.2 Å². The first-order valence-electron chi connectivity index (χ1n) is 14.7. The predicted octanol–water partition coefficient (Wildman–Crippen LogP) is 6.38. The van der Waals surface area contributed by atoms with E-state index in [1.165, 1.54) is 25.3 Å². The molecule has 2 saturated heterocycles. The van der Waals surface area contributed by atoms with Gasteiger partial charge in [0.15, 0.2) is 0 Å². The summed E-state index contributed by atoms with van der Waals surface area (Å²) >= 11 is 0. The van der Waals surface area contributed by atoms with Crippen LogP contribution in [-0.2, 0) is 20.8 Å². The van der Waals surface area contributed by atoms with Crippen molar-refractivity contribution in [2.45, 2.75) is 84.0 Å². The number of nitrogens with zero attached hydrogens (tertiary/aromatic N) is 2. The third-order valence-corrected chi connectivity index (χ3v) is 7.26. The van der Waals surface area contributed by atoms with Gasteiger partial charge < -0.3 is 29.1 Å². The highest BCUT2D eigenvalue weighted by Gasteiger charge is 2.32. The van der Waals surface area contributed by atoms with Gasteiger partial charge in [0, 0.05) is 43.6 Å². The van der Waals surface area contributed by atoms with E-state index in [1.807, 2.05) is 41.5 Å². The number of hydrogen-bond donors (Lipinski definition) is 1. The number of carbonyl (C=O) groups is 3. The second-order valence-electron chi connectivity index (χ2n) is 13.1. The Morgan fingerprint density at radius 1 is 0.795 bits per heavy atom. The molecule has 2 aliphatic rings. The van der Waals surface area contributed by atoms with Crippen LogP contribution in [0.4, 0.5) is 18.4 Å². The molecule has 2 atom stereocenters. The predicted molar refractivity (Wildman–Crippen MR) is 160 cm³/mol. The van der Waals surface area contributed by atoms with Gasteiger partial charge in [0.2, 0.25) is 0 Å². The standard InChI is InChI=1S/C17H22FNO4.C16H22FNO3/c1-17(2,3)23-16(21)19-8-7-12(10-19)11-5-6-14(18)13(9-11)15(20)22-4;1-16(2,3)21-15(20)18-7-6-12(9-18)11-4-5-14(17)13(8-11)10-19/h5-6,9,12H,7-8,10H2,1-4H3;4-5,8,12,19H,6-7,9-10H2,1-3H3. The van der Waals surface area contributed by atoms with E-state index >= 15 is 0 Å². The summed E-state index contributed by atoms with van der Waals surface area (Å²) < 4.78 is 42.4. The van der Waals surface area contributed by atoms with E-state index in [0.717, 1.165) is 24.0 Å². The summed E-state index contributed by atoms with van der Waals surface area (Å²) in [5.74, 6) is -1.51. The summed E-state index contributed by atoms with van der Waals surface area (Å²) in [6.45, 7) is 12.9. The number of hydrogen-bond acceptors (Lipinski definition) is 7. The summed E-state index contributed by atoms with van der Waals surface area (Å²) in [6, 6.07) is 9.18. The maximum Gasteiger partial charge on any atom is 0.410 e. The zero-order valence-electron chi connectivity index (χ0n) is 26.6. The minimum absolute atomic E-state index is 0.0477. The molecule has 0 aromatic heterocycles. The number of esters is 1. The van der Waals surface area contributed by atoms with E-state index < -0.39 is 28.8 Å². The van der Waals surface area contributed by atoms with Crippen LogP contribution < -0.4 is 0 Å². The van der Waals surface area contributed by atoms with Gasteiger partial charge in [0.25, 0.3) is 0 Å². The van der Waals surface area contributed by atoms with Gasteiger partial charge in [-0.05, 0) is 83.7 Å². The number of methoxy groups -OCH3 is 1. The molecule has 2 heterocycles. The van der Waals surface area contributed by atoms with Gasteiger partial charge in [0.05, 0.1) is 19.3 Å². The summed E-state index contributed by atoms with van der Waals surface area (Å²) in [4.78, 5) is 39.0. The van der Waals surface area contributed by atoms with Gasteiger partial charge in [-0.2, -0.15) is 0 Å². The highest BCUT2D eigenvalue weighted by molar-refractivity contribution is 5.89. The van der Waals surface area contributed by atoms with Crippen molar-refractivity contribution in [1.82, 2.24) is 9.80 Å².